The molecule has 1 aliphatic rings. The number of ketones is 1. The van der Waals surface area contributed by atoms with Crippen LogP contribution >= 0.6 is 0 Å². The van der Waals surface area contributed by atoms with E-state index in [0.29, 0.717) is 6.42 Å². The highest BCUT2D eigenvalue weighted by Gasteiger charge is 2.38. The summed E-state index contributed by atoms with van der Waals surface area (Å²) < 4.78 is 5.16. The van der Waals surface area contributed by atoms with Gasteiger partial charge in [0.1, 0.15) is 5.92 Å². The first kappa shape index (κ1) is 17.9. The number of carbonyl (C=O) groups excluding carboxylic acids is 2. The first-order valence-corrected chi connectivity index (χ1v) is 8.88. The number of benzene rings is 2. The molecule has 0 aliphatic heterocycles. The summed E-state index contributed by atoms with van der Waals surface area (Å²) in [5.74, 6) is -1.60. The van der Waals surface area contributed by atoms with Crippen molar-refractivity contribution in [3.63, 3.8) is 0 Å². The monoisotopic (exact) mass is 346 g/mol. The fourth-order valence-electron chi connectivity index (χ4n) is 3.31. The quantitative estimate of drug-likeness (QED) is 0.589. The summed E-state index contributed by atoms with van der Waals surface area (Å²) in [6.45, 7) is 2.03. The van der Waals surface area contributed by atoms with Crippen LogP contribution in [0.15, 0.2) is 78.4 Å². The maximum Gasteiger partial charge on any atom is 0.317 e. The Morgan fingerprint density at radius 1 is 1.04 bits per heavy atom. The van der Waals surface area contributed by atoms with E-state index in [0.717, 1.165) is 16.7 Å². The minimum atomic E-state index is -0.772. The van der Waals surface area contributed by atoms with Crippen LogP contribution in [0.5, 0.6) is 0 Å². The Labute approximate surface area is 154 Å². The molecular weight excluding hydrogens is 324 g/mol. The lowest BCUT2D eigenvalue weighted by molar-refractivity contribution is -0.151. The molecule has 0 N–H and O–H groups in total. The molecule has 2 aromatic rings. The van der Waals surface area contributed by atoms with Crippen molar-refractivity contribution in [2.45, 2.75) is 19.3 Å². The zero-order valence-electron chi connectivity index (χ0n) is 14.8. The third kappa shape index (κ3) is 4.17. The molecule has 0 bridgehead atoms. The van der Waals surface area contributed by atoms with Crippen LogP contribution in [0.1, 0.15) is 30.4 Å². The lowest BCUT2D eigenvalue weighted by Crippen LogP contribution is -2.34. The molecule has 26 heavy (non-hydrogen) atoms. The molecule has 2 aromatic carbocycles. The normalized spacial score (nSPS) is 20.0. The SMILES string of the molecule is CCOC(=O)[C@@H]1C(=O)C=C(/C=C\c2ccccc2)C[C@H]1c1ccccc1. The number of rotatable bonds is 5. The zero-order valence-corrected chi connectivity index (χ0v) is 14.8. The summed E-state index contributed by atoms with van der Waals surface area (Å²) >= 11 is 0. The molecule has 0 amide bonds. The topological polar surface area (TPSA) is 43.4 Å². The van der Waals surface area contributed by atoms with Crippen molar-refractivity contribution in [1.29, 1.82) is 0 Å². The van der Waals surface area contributed by atoms with Gasteiger partial charge in [-0.25, -0.2) is 0 Å². The summed E-state index contributed by atoms with van der Waals surface area (Å²) in [7, 11) is 0. The largest absolute Gasteiger partial charge is 0.465 e. The third-order valence-corrected chi connectivity index (χ3v) is 4.55. The van der Waals surface area contributed by atoms with E-state index in [1.165, 1.54) is 0 Å². The summed E-state index contributed by atoms with van der Waals surface area (Å²) in [6, 6.07) is 19.7. The molecule has 0 spiro atoms. The Morgan fingerprint density at radius 2 is 1.69 bits per heavy atom. The average Bonchev–Trinajstić information content (AvgIpc) is 2.67. The van der Waals surface area contributed by atoms with Crippen molar-refractivity contribution < 1.29 is 14.3 Å². The highest BCUT2D eigenvalue weighted by Crippen LogP contribution is 2.37. The van der Waals surface area contributed by atoms with Gasteiger partial charge >= 0.3 is 5.97 Å². The molecule has 3 nitrogen and oxygen atoms in total. The fourth-order valence-corrected chi connectivity index (χ4v) is 3.31. The van der Waals surface area contributed by atoms with Gasteiger partial charge in [0.2, 0.25) is 0 Å². The second kappa shape index (κ2) is 8.43. The van der Waals surface area contributed by atoms with E-state index in [9.17, 15) is 9.59 Å². The molecule has 0 fully saturated rings. The molecule has 0 radical (unpaired) electrons. The van der Waals surface area contributed by atoms with Gasteiger partial charge in [0.15, 0.2) is 5.78 Å². The summed E-state index contributed by atoms with van der Waals surface area (Å²) in [4.78, 5) is 25.1. The molecular formula is C23H22O3. The van der Waals surface area contributed by atoms with Crippen molar-refractivity contribution >= 4 is 17.8 Å². The number of allylic oxidation sites excluding steroid dienone is 3. The smallest absolute Gasteiger partial charge is 0.317 e. The third-order valence-electron chi connectivity index (χ3n) is 4.55. The number of hydrogen-bond acceptors (Lipinski definition) is 3. The van der Waals surface area contributed by atoms with Gasteiger partial charge in [-0.3, -0.25) is 9.59 Å². The molecule has 0 heterocycles. The minimum absolute atomic E-state index is 0.184. The van der Waals surface area contributed by atoms with Crippen molar-refractivity contribution in [3.05, 3.63) is 89.5 Å². The maximum absolute atomic E-state index is 12.7. The van der Waals surface area contributed by atoms with Crippen molar-refractivity contribution in [2.24, 2.45) is 5.92 Å². The molecule has 2 atom stereocenters. The highest BCUT2D eigenvalue weighted by atomic mass is 16.5. The summed E-state index contributed by atoms with van der Waals surface area (Å²) in [6.07, 6.45) is 6.17. The Bertz CT molecular complexity index is 819. The van der Waals surface area contributed by atoms with Gasteiger partial charge in [-0.2, -0.15) is 0 Å². The first-order chi connectivity index (χ1) is 12.7. The summed E-state index contributed by atoms with van der Waals surface area (Å²) in [5.41, 5.74) is 2.98. The van der Waals surface area contributed by atoms with Crippen molar-refractivity contribution in [2.75, 3.05) is 6.61 Å². The van der Waals surface area contributed by atoms with Crippen LogP contribution in [0.4, 0.5) is 0 Å². The minimum Gasteiger partial charge on any atom is -0.465 e. The van der Waals surface area contributed by atoms with Crippen molar-refractivity contribution in [3.8, 4) is 0 Å². The van der Waals surface area contributed by atoms with E-state index in [1.807, 2.05) is 72.8 Å². The molecule has 0 unspecified atom stereocenters. The molecule has 132 valence electrons. The van der Waals surface area contributed by atoms with Crippen molar-refractivity contribution in [1.82, 2.24) is 0 Å². The van der Waals surface area contributed by atoms with E-state index in [4.69, 9.17) is 4.74 Å². The van der Waals surface area contributed by atoms with Gasteiger partial charge in [0.25, 0.3) is 0 Å². The van der Waals surface area contributed by atoms with E-state index in [2.05, 4.69) is 0 Å². The number of hydrogen-bond donors (Lipinski definition) is 0. The van der Waals surface area contributed by atoms with E-state index in [-0.39, 0.29) is 18.3 Å². The molecule has 3 heteroatoms. The predicted octanol–water partition coefficient (Wildman–Crippen LogP) is 4.56. The lowest BCUT2D eigenvalue weighted by Gasteiger charge is -2.28. The standard InChI is InChI=1S/C23H22O3/c1-2-26-23(25)22-20(19-11-7-4-8-12-19)15-18(16-21(22)24)14-13-17-9-5-3-6-10-17/h3-14,16,20,22H,2,15H2,1H3/b14-13-/t20-,22-/m0/s1. The Hall–Kier alpha value is -2.94. The van der Waals surface area contributed by atoms with Crippen LogP contribution in [0.25, 0.3) is 6.08 Å². The summed E-state index contributed by atoms with van der Waals surface area (Å²) in [5, 5.41) is 0. The van der Waals surface area contributed by atoms with Crippen LogP contribution in [0.3, 0.4) is 0 Å². The molecule has 0 saturated carbocycles. The van der Waals surface area contributed by atoms with Gasteiger partial charge in [0, 0.05) is 5.92 Å². The first-order valence-electron chi connectivity index (χ1n) is 8.88. The van der Waals surface area contributed by atoms with Crippen LogP contribution in [0.2, 0.25) is 0 Å². The van der Waals surface area contributed by atoms with Crippen LogP contribution < -0.4 is 0 Å². The average molecular weight is 346 g/mol. The maximum atomic E-state index is 12.7. The van der Waals surface area contributed by atoms with Crippen LogP contribution in [-0.2, 0) is 14.3 Å². The Kier molecular flexibility index (Phi) is 5.80. The Balaban J connectivity index is 1.90. The van der Waals surface area contributed by atoms with Crippen LogP contribution in [-0.4, -0.2) is 18.4 Å². The molecule has 0 aromatic heterocycles. The number of ether oxygens (including phenoxy) is 1. The van der Waals surface area contributed by atoms with Crippen LogP contribution in [0, 0.1) is 5.92 Å². The Morgan fingerprint density at radius 3 is 2.35 bits per heavy atom. The van der Waals surface area contributed by atoms with Gasteiger partial charge < -0.3 is 4.74 Å². The zero-order chi connectivity index (χ0) is 18.4. The predicted molar refractivity (Wildman–Crippen MR) is 102 cm³/mol. The van der Waals surface area contributed by atoms with E-state index in [1.54, 1.807) is 13.0 Å². The van der Waals surface area contributed by atoms with E-state index >= 15 is 0 Å². The second-order valence-electron chi connectivity index (χ2n) is 6.32. The lowest BCUT2D eigenvalue weighted by atomic mass is 9.75. The fraction of sp³-hybridized carbons (Fsp3) is 0.217. The van der Waals surface area contributed by atoms with E-state index < -0.39 is 11.9 Å². The molecule has 1 aliphatic carbocycles. The number of carbonyl (C=O) groups is 2. The van der Waals surface area contributed by atoms with Gasteiger partial charge in [-0.05, 0) is 36.1 Å². The molecule has 3 rings (SSSR count). The van der Waals surface area contributed by atoms with Gasteiger partial charge in [0.05, 0.1) is 6.61 Å². The number of esters is 1. The molecule has 0 saturated heterocycles. The van der Waals surface area contributed by atoms with Gasteiger partial charge in [-0.15, -0.1) is 0 Å². The highest BCUT2D eigenvalue weighted by molar-refractivity contribution is 6.07. The second-order valence-corrected chi connectivity index (χ2v) is 6.32. The van der Waals surface area contributed by atoms with Gasteiger partial charge in [-0.1, -0.05) is 72.8 Å².